The Labute approximate surface area is 155 Å². The first-order valence-electron chi connectivity index (χ1n) is 7.60. The number of fused-ring (bicyclic) bond motifs is 2. The molecule has 1 unspecified atom stereocenters. The number of rotatable bonds is 1. The number of hydrogen-bond donors (Lipinski definition) is 2. The Balaban J connectivity index is 0.000000294. The number of hydrogen-bond acceptors (Lipinski definition) is 3. The Bertz CT molecular complexity index is 775. The Morgan fingerprint density at radius 2 is 1.72 bits per heavy atom. The van der Waals surface area contributed by atoms with Crippen molar-refractivity contribution in [2.75, 3.05) is 6.61 Å². The highest BCUT2D eigenvalue weighted by atomic mass is 35.5. The molecule has 0 spiro atoms. The summed E-state index contributed by atoms with van der Waals surface area (Å²) < 4.78 is 12.3. The second-order valence-corrected chi connectivity index (χ2v) is 7.00. The minimum atomic E-state index is -1.08. The van der Waals surface area contributed by atoms with Gasteiger partial charge in [-0.05, 0) is 43.2 Å². The zero-order chi connectivity index (χ0) is 19.0. The van der Waals surface area contributed by atoms with Crippen LogP contribution in [0.25, 0.3) is 0 Å². The van der Waals surface area contributed by atoms with Gasteiger partial charge in [-0.25, -0.2) is 9.00 Å². The van der Waals surface area contributed by atoms with Crippen LogP contribution in [0.2, 0.25) is 5.02 Å². The fraction of sp³-hybridized carbons (Fsp3) is 0.211. The lowest BCUT2D eigenvalue weighted by molar-refractivity contribution is -0.132. The van der Waals surface area contributed by atoms with E-state index in [4.69, 9.17) is 21.8 Å². The van der Waals surface area contributed by atoms with Crippen LogP contribution in [0.1, 0.15) is 25.0 Å². The van der Waals surface area contributed by atoms with Crippen LogP contribution in [0, 0.1) is 0 Å². The molecule has 1 atom stereocenters. The average Bonchev–Trinajstić information content (AvgIpc) is 2.57. The predicted molar refractivity (Wildman–Crippen MR) is 101 cm³/mol. The van der Waals surface area contributed by atoms with E-state index < -0.39 is 16.8 Å². The molecule has 4 nitrogen and oxygen atoms in total. The largest absolute Gasteiger partial charge is 0.478 e. The van der Waals surface area contributed by atoms with E-state index in [9.17, 15) is 9.00 Å². The number of carboxylic acids is 1. The Morgan fingerprint density at radius 1 is 1.20 bits per heavy atom. The predicted octanol–water partition coefficient (Wildman–Crippen LogP) is 4.06. The number of aliphatic hydroxyl groups excluding tert-OH is 1. The first-order chi connectivity index (χ1) is 11.8. The topological polar surface area (TPSA) is 74.6 Å². The third-order valence-electron chi connectivity index (χ3n) is 3.18. The molecule has 0 amide bonds. The number of aliphatic carboxylic acids is 1. The fourth-order valence-electron chi connectivity index (χ4n) is 2.02. The fourth-order valence-corrected chi connectivity index (χ4v) is 3.75. The molecule has 3 rings (SSSR count). The summed E-state index contributed by atoms with van der Waals surface area (Å²) in [7, 11) is -1.08. The lowest BCUT2D eigenvalue weighted by Crippen LogP contribution is -2.09. The summed E-state index contributed by atoms with van der Waals surface area (Å²) in [4.78, 5) is 11.4. The van der Waals surface area contributed by atoms with E-state index in [1.165, 1.54) is 6.92 Å². The first-order valence-corrected chi connectivity index (χ1v) is 9.12. The van der Waals surface area contributed by atoms with Crippen LogP contribution in [0.15, 0.2) is 64.4 Å². The van der Waals surface area contributed by atoms with Gasteiger partial charge < -0.3 is 10.2 Å². The van der Waals surface area contributed by atoms with Gasteiger partial charge in [-0.3, -0.25) is 0 Å². The average molecular weight is 381 g/mol. The van der Waals surface area contributed by atoms with E-state index in [1.54, 1.807) is 6.92 Å². The molecule has 2 N–H and O–H groups in total. The molecule has 1 aliphatic rings. The molecular weight excluding hydrogens is 360 g/mol. The van der Waals surface area contributed by atoms with Crippen molar-refractivity contribution in [2.24, 2.45) is 0 Å². The van der Waals surface area contributed by atoms with Crippen LogP contribution in [-0.2, 0) is 22.0 Å². The third-order valence-corrected chi connectivity index (χ3v) is 5.11. The molecule has 0 bridgehead atoms. The lowest BCUT2D eigenvalue weighted by atomic mass is 10.0. The molecule has 1 heterocycles. The molecule has 6 heteroatoms. The lowest BCUT2D eigenvalue weighted by Gasteiger charge is -2.19. The van der Waals surface area contributed by atoms with Crippen LogP contribution in [0.4, 0.5) is 0 Å². The van der Waals surface area contributed by atoms with Gasteiger partial charge in [0.2, 0.25) is 0 Å². The Kier molecular flexibility index (Phi) is 8.55. The molecule has 2 aromatic carbocycles. The van der Waals surface area contributed by atoms with Crippen molar-refractivity contribution in [1.82, 2.24) is 0 Å². The molecule has 134 valence electrons. The van der Waals surface area contributed by atoms with Crippen LogP contribution in [0.5, 0.6) is 0 Å². The molecule has 0 aliphatic carbocycles. The van der Waals surface area contributed by atoms with Crippen LogP contribution >= 0.6 is 11.6 Å². The standard InChI is InChI=1S/C13H9ClOS.C4H6O2.C2H6O/c14-11-5-3-7-13-10(11)8-9-4-1-2-6-12(9)16(13)15;1-3(2)4(5)6;1-2-3/h1-7H,8H2;1H2,2H3,(H,5,6);3H,2H2,1H3. The number of benzene rings is 2. The van der Waals surface area contributed by atoms with Crippen molar-refractivity contribution in [3.05, 3.63) is 70.8 Å². The van der Waals surface area contributed by atoms with Crippen molar-refractivity contribution in [1.29, 1.82) is 0 Å². The zero-order valence-corrected chi connectivity index (χ0v) is 15.7. The van der Waals surface area contributed by atoms with Gasteiger partial charge in [0.05, 0.1) is 10.8 Å². The third kappa shape index (κ3) is 5.81. The summed E-state index contributed by atoms with van der Waals surface area (Å²) in [6, 6.07) is 13.4. The van der Waals surface area contributed by atoms with Gasteiger partial charge >= 0.3 is 5.97 Å². The van der Waals surface area contributed by atoms with Gasteiger partial charge in [-0.2, -0.15) is 0 Å². The highest BCUT2D eigenvalue weighted by Gasteiger charge is 2.22. The van der Waals surface area contributed by atoms with Crippen molar-refractivity contribution in [2.45, 2.75) is 30.1 Å². The maximum Gasteiger partial charge on any atom is 0.330 e. The molecule has 0 aromatic heterocycles. The number of halogens is 1. The maximum atomic E-state index is 12.3. The number of aliphatic hydroxyl groups is 1. The molecule has 0 fully saturated rings. The van der Waals surface area contributed by atoms with Gasteiger partial charge in [0.15, 0.2) is 0 Å². The number of carboxylic acid groups (broad SMARTS) is 1. The molecule has 0 radical (unpaired) electrons. The quantitative estimate of drug-likeness (QED) is 0.624. The highest BCUT2D eigenvalue weighted by molar-refractivity contribution is 7.85. The van der Waals surface area contributed by atoms with Crippen molar-refractivity contribution in [3.63, 3.8) is 0 Å². The summed E-state index contributed by atoms with van der Waals surface area (Å²) in [6.07, 6.45) is 0.775. The normalized spacial score (nSPS) is 13.8. The van der Waals surface area contributed by atoms with E-state index >= 15 is 0 Å². The van der Waals surface area contributed by atoms with Crippen molar-refractivity contribution >= 4 is 28.4 Å². The minimum absolute atomic E-state index is 0.176. The van der Waals surface area contributed by atoms with Crippen LogP contribution < -0.4 is 0 Å². The maximum absolute atomic E-state index is 12.3. The van der Waals surface area contributed by atoms with Crippen LogP contribution in [0.3, 0.4) is 0 Å². The summed E-state index contributed by atoms with van der Waals surface area (Å²) >= 11 is 6.14. The first kappa shape index (κ1) is 21.1. The van der Waals surface area contributed by atoms with Gasteiger partial charge in [0, 0.05) is 33.4 Å². The Morgan fingerprint density at radius 3 is 2.28 bits per heavy atom. The van der Waals surface area contributed by atoms with E-state index in [0.717, 1.165) is 27.3 Å². The van der Waals surface area contributed by atoms with Crippen LogP contribution in [-0.4, -0.2) is 27.0 Å². The van der Waals surface area contributed by atoms with Gasteiger partial charge in [0.1, 0.15) is 0 Å². The molecule has 2 aromatic rings. The molecule has 1 aliphatic heterocycles. The van der Waals surface area contributed by atoms with E-state index in [-0.39, 0.29) is 12.2 Å². The summed E-state index contributed by atoms with van der Waals surface area (Å²) in [5.41, 5.74) is 2.29. The number of carbonyl (C=O) groups is 1. The second-order valence-electron chi connectivity index (χ2n) is 5.17. The van der Waals surface area contributed by atoms with E-state index in [2.05, 4.69) is 6.58 Å². The zero-order valence-electron chi connectivity index (χ0n) is 14.2. The van der Waals surface area contributed by atoms with Crippen molar-refractivity contribution < 1.29 is 19.2 Å². The van der Waals surface area contributed by atoms with E-state index in [0.29, 0.717) is 5.02 Å². The smallest absolute Gasteiger partial charge is 0.330 e. The van der Waals surface area contributed by atoms with Gasteiger partial charge in [-0.15, -0.1) is 0 Å². The highest BCUT2D eigenvalue weighted by Crippen LogP contribution is 2.34. The molecular formula is C19H21ClO4S. The minimum Gasteiger partial charge on any atom is -0.478 e. The Hall–Kier alpha value is -1.95. The van der Waals surface area contributed by atoms with Gasteiger partial charge in [-0.1, -0.05) is 42.4 Å². The molecule has 0 saturated carbocycles. The summed E-state index contributed by atoms with van der Waals surface area (Å²) in [6.45, 7) is 6.53. The van der Waals surface area contributed by atoms with Gasteiger partial charge in [0.25, 0.3) is 0 Å². The summed E-state index contributed by atoms with van der Waals surface area (Å²) in [5.74, 6) is -0.935. The monoisotopic (exact) mass is 380 g/mol. The van der Waals surface area contributed by atoms with Crippen molar-refractivity contribution in [3.8, 4) is 0 Å². The molecule has 0 saturated heterocycles. The van der Waals surface area contributed by atoms with E-state index in [1.807, 2.05) is 42.5 Å². The molecule has 25 heavy (non-hydrogen) atoms. The summed E-state index contributed by atoms with van der Waals surface area (Å²) in [5, 5.41) is 16.2. The second kappa shape index (κ2) is 10.1. The SMILES string of the molecule is C=C(C)C(=O)O.CCO.O=S1c2ccccc2Cc2c(Cl)cccc21.